The van der Waals surface area contributed by atoms with Crippen LogP contribution in [-0.4, -0.2) is 18.1 Å². The Hall–Kier alpha value is -1.10. The highest BCUT2D eigenvalue weighted by Gasteiger charge is 2.14. The van der Waals surface area contributed by atoms with Gasteiger partial charge >= 0.3 is 5.97 Å². The molecule has 0 N–H and O–H groups in total. The molecule has 6 heteroatoms. The van der Waals surface area contributed by atoms with Gasteiger partial charge in [-0.05, 0) is 6.07 Å². The van der Waals surface area contributed by atoms with Crippen LogP contribution in [0.2, 0.25) is 10.0 Å². The number of aromatic nitrogens is 1. The molecule has 0 fully saturated rings. The third-order valence-corrected chi connectivity index (χ3v) is 3.90. The molecule has 0 spiro atoms. The number of benzene rings is 1. The van der Waals surface area contributed by atoms with Crippen molar-refractivity contribution in [1.29, 1.82) is 0 Å². The van der Waals surface area contributed by atoms with Crippen LogP contribution in [0.4, 0.5) is 0 Å². The van der Waals surface area contributed by atoms with Gasteiger partial charge < -0.3 is 4.74 Å². The van der Waals surface area contributed by atoms with Crippen LogP contribution >= 0.6 is 34.5 Å². The molecule has 17 heavy (non-hydrogen) atoms. The van der Waals surface area contributed by atoms with E-state index in [-0.39, 0.29) is 0 Å². The van der Waals surface area contributed by atoms with Crippen molar-refractivity contribution in [2.75, 3.05) is 7.11 Å². The Bertz CT molecular complexity index is 568. The van der Waals surface area contributed by atoms with Gasteiger partial charge in [0, 0.05) is 5.56 Å². The van der Waals surface area contributed by atoms with Gasteiger partial charge in [-0.2, -0.15) is 0 Å². The Labute approximate surface area is 112 Å². The lowest BCUT2D eigenvalue weighted by atomic mass is 10.2. The second kappa shape index (κ2) is 5.04. The fourth-order valence-electron chi connectivity index (χ4n) is 1.26. The average molecular weight is 288 g/mol. The van der Waals surface area contributed by atoms with Crippen LogP contribution in [0.15, 0.2) is 24.4 Å². The molecule has 0 aliphatic rings. The Kier molecular flexibility index (Phi) is 3.66. The summed E-state index contributed by atoms with van der Waals surface area (Å²) in [4.78, 5) is 15.9. The highest BCUT2D eigenvalue weighted by molar-refractivity contribution is 7.16. The SMILES string of the molecule is COC(=O)c1cnc(-c2cccc(Cl)c2Cl)s1. The average Bonchev–Trinajstić information content (AvgIpc) is 2.81. The first-order valence-corrected chi connectivity index (χ1v) is 6.19. The summed E-state index contributed by atoms with van der Waals surface area (Å²) in [5.41, 5.74) is 0.708. The molecule has 0 bridgehead atoms. The van der Waals surface area contributed by atoms with E-state index in [1.165, 1.54) is 24.6 Å². The Morgan fingerprint density at radius 3 is 2.88 bits per heavy atom. The van der Waals surface area contributed by atoms with Crippen LogP contribution in [0.5, 0.6) is 0 Å². The molecule has 0 saturated heterocycles. The van der Waals surface area contributed by atoms with E-state index in [1.807, 2.05) is 0 Å². The summed E-state index contributed by atoms with van der Waals surface area (Å²) in [6.45, 7) is 0. The predicted octanol–water partition coefficient (Wildman–Crippen LogP) is 3.90. The van der Waals surface area contributed by atoms with Gasteiger partial charge in [-0.3, -0.25) is 0 Å². The molecule has 2 rings (SSSR count). The van der Waals surface area contributed by atoms with Crippen molar-refractivity contribution < 1.29 is 9.53 Å². The number of nitrogens with zero attached hydrogens (tertiary/aromatic N) is 1. The van der Waals surface area contributed by atoms with Gasteiger partial charge in [0.15, 0.2) is 0 Å². The fraction of sp³-hybridized carbons (Fsp3) is 0.0909. The maximum absolute atomic E-state index is 11.3. The molecule has 0 aliphatic carbocycles. The summed E-state index contributed by atoms with van der Waals surface area (Å²) < 4.78 is 4.61. The Balaban J connectivity index is 2.44. The van der Waals surface area contributed by atoms with E-state index in [2.05, 4.69) is 9.72 Å². The summed E-state index contributed by atoms with van der Waals surface area (Å²) in [7, 11) is 1.33. The van der Waals surface area contributed by atoms with E-state index >= 15 is 0 Å². The molecule has 0 saturated carbocycles. The number of esters is 1. The number of thiazole rings is 1. The lowest BCUT2D eigenvalue weighted by molar-refractivity contribution is 0.0606. The molecule has 1 aromatic carbocycles. The van der Waals surface area contributed by atoms with Gasteiger partial charge in [-0.15, -0.1) is 11.3 Å². The van der Waals surface area contributed by atoms with Crippen molar-refractivity contribution in [3.8, 4) is 10.6 Å². The van der Waals surface area contributed by atoms with Crippen LogP contribution in [0.25, 0.3) is 10.6 Å². The zero-order valence-corrected chi connectivity index (χ0v) is 11.1. The second-order valence-corrected chi connectivity index (χ2v) is 4.94. The minimum Gasteiger partial charge on any atom is -0.465 e. The van der Waals surface area contributed by atoms with Crippen molar-refractivity contribution in [2.45, 2.75) is 0 Å². The largest absolute Gasteiger partial charge is 0.465 e. The van der Waals surface area contributed by atoms with Gasteiger partial charge in [0.25, 0.3) is 0 Å². The lowest BCUT2D eigenvalue weighted by Gasteiger charge is -2.01. The first-order chi connectivity index (χ1) is 8.13. The van der Waals surface area contributed by atoms with Gasteiger partial charge in [-0.25, -0.2) is 9.78 Å². The molecule has 0 unspecified atom stereocenters. The smallest absolute Gasteiger partial charge is 0.349 e. The van der Waals surface area contributed by atoms with E-state index in [0.717, 1.165) is 0 Å². The zero-order valence-electron chi connectivity index (χ0n) is 8.74. The molecule has 88 valence electrons. The standard InChI is InChI=1S/C11H7Cl2NO2S/c1-16-11(15)8-5-14-10(17-8)6-3-2-4-7(12)9(6)13/h2-5H,1H3. The molecule has 0 aliphatic heterocycles. The number of carbonyl (C=O) groups is 1. The molecule has 0 radical (unpaired) electrons. The molecule has 0 atom stereocenters. The maximum atomic E-state index is 11.3. The fourth-order valence-corrected chi connectivity index (χ4v) is 2.57. The topological polar surface area (TPSA) is 39.2 Å². The van der Waals surface area contributed by atoms with E-state index < -0.39 is 5.97 Å². The highest BCUT2D eigenvalue weighted by atomic mass is 35.5. The van der Waals surface area contributed by atoms with Crippen LogP contribution in [0, 0.1) is 0 Å². The predicted molar refractivity (Wildman–Crippen MR) is 68.9 cm³/mol. The van der Waals surface area contributed by atoms with Gasteiger partial charge in [0.2, 0.25) is 0 Å². The normalized spacial score (nSPS) is 10.3. The third-order valence-electron chi connectivity index (χ3n) is 2.07. The van der Waals surface area contributed by atoms with E-state index in [4.69, 9.17) is 23.2 Å². The van der Waals surface area contributed by atoms with Gasteiger partial charge in [0.1, 0.15) is 9.88 Å². The number of ether oxygens (including phenoxy) is 1. The van der Waals surface area contributed by atoms with E-state index in [1.54, 1.807) is 18.2 Å². The molecule has 2 aromatic rings. The van der Waals surface area contributed by atoms with Gasteiger partial charge in [0.05, 0.1) is 23.4 Å². The van der Waals surface area contributed by atoms with Gasteiger partial charge in [-0.1, -0.05) is 35.3 Å². The summed E-state index contributed by atoms with van der Waals surface area (Å²) in [6, 6.07) is 5.28. The third kappa shape index (κ3) is 2.44. The Morgan fingerprint density at radius 1 is 1.41 bits per heavy atom. The second-order valence-electron chi connectivity index (χ2n) is 3.12. The quantitative estimate of drug-likeness (QED) is 0.787. The van der Waals surface area contributed by atoms with Crippen molar-refractivity contribution >= 4 is 40.5 Å². The summed E-state index contributed by atoms with van der Waals surface area (Å²) >= 11 is 13.2. The van der Waals surface area contributed by atoms with Crippen molar-refractivity contribution in [1.82, 2.24) is 4.98 Å². The number of methoxy groups -OCH3 is 1. The van der Waals surface area contributed by atoms with Crippen molar-refractivity contribution in [3.05, 3.63) is 39.3 Å². The van der Waals surface area contributed by atoms with Crippen LogP contribution in [0.1, 0.15) is 9.67 Å². The molecular formula is C11H7Cl2NO2S. The first kappa shape index (κ1) is 12.4. The van der Waals surface area contributed by atoms with E-state index in [9.17, 15) is 4.79 Å². The molecule has 1 aromatic heterocycles. The molecule has 0 amide bonds. The number of hydrogen-bond acceptors (Lipinski definition) is 4. The Morgan fingerprint density at radius 2 is 2.18 bits per heavy atom. The number of halogens is 2. The zero-order chi connectivity index (χ0) is 12.4. The number of rotatable bonds is 2. The summed E-state index contributed by atoms with van der Waals surface area (Å²) in [5, 5.41) is 1.52. The maximum Gasteiger partial charge on any atom is 0.349 e. The first-order valence-electron chi connectivity index (χ1n) is 4.62. The monoisotopic (exact) mass is 287 g/mol. The van der Waals surface area contributed by atoms with Crippen LogP contribution in [0.3, 0.4) is 0 Å². The molecule has 3 nitrogen and oxygen atoms in total. The minimum atomic E-state index is -0.410. The molecular weight excluding hydrogens is 281 g/mol. The summed E-state index contributed by atoms with van der Waals surface area (Å²) in [6.07, 6.45) is 1.46. The minimum absolute atomic E-state index is 0.410. The number of carbonyl (C=O) groups excluding carboxylic acids is 1. The van der Waals surface area contributed by atoms with Crippen molar-refractivity contribution in [3.63, 3.8) is 0 Å². The summed E-state index contributed by atoms with van der Waals surface area (Å²) in [5.74, 6) is -0.410. The highest BCUT2D eigenvalue weighted by Crippen LogP contribution is 2.35. The van der Waals surface area contributed by atoms with Crippen LogP contribution < -0.4 is 0 Å². The van der Waals surface area contributed by atoms with Crippen molar-refractivity contribution in [2.24, 2.45) is 0 Å². The number of hydrogen-bond donors (Lipinski definition) is 0. The van der Waals surface area contributed by atoms with E-state index in [0.29, 0.717) is 25.5 Å². The van der Waals surface area contributed by atoms with Crippen LogP contribution in [-0.2, 0) is 4.74 Å². The lowest BCUT2D eigenvalue weighted by Crippen LogP contribution is -1.96. The molecule has 1 heterocycles.